The Labute approximate surface area is 84.0 Å². The van der Waals surface area contributed by atoms with E-state index in [2.05, 4.69) is 14.9 Å². The van der Waals surface area contributed by atoms with Crippen LogP contribution in [0.5, 0.6) is 0 Å². The van der Waals surface area contributed by atoms with E-state index in [4.69, 9.17) is 0 Å². The Morgan fingerprint density at radius 3 is 2.50 bits per heavy atom. The van der Waals surface area contributed by atoms with Crippen LogP contribution in [-0.4, -0.2) is 24.7 Å². The van der Waals surface area contributed by atoms with Gasteiger partial charge in [-0.1, -0.05) is 13.8 Å². The van der Waals surface area contributed by atoms with Crippen molar-refractivity contribution in [3.63, 3.8) is 0 Å². The molecule has 0 aromatic carbocycles. The fourth-order valence-electron chi connectivity index (χ4n) is 0.837. The van der Waals surface area contributed by atoms with Crippen LogP contribution < -0.4 is 4.72 Å². The molecule has 1 aromatic heterocycles. The Morgan fingerprint density at radius 1 is 1.43 bits per heavy atom. The van der Waals surface area contributed by atoms with Crippen molar-refractivity contribution in [2.45, 2.75) is 31.8 Å². The summed E-state index contributed by atoms with van der Waals surface area (Å²) >= 11 is 0. The number of rotatable bonds is 4. The summed E-state index contributed by atoms with van der Waals surface area (Å²) in [5.74, 6) is 0.257. The monoisotopic (exact) mass is 217 g/mol. The molecule has 2 N–H and O–H groups in total. The minimum absolute atomic E-state index is 0.0942. The summed E-state index contributed by atoms with van der Waals surface area (Å²) in [5, 5.41) is 6.12. The van der Waals surface area contributed by atoms with Gasteiger partial charge in [0, 0.05) is 6.04 Å². The molecule has 6 heteroatoms. The first-order valence-electron chi connectivity index (χ1n) is 4.45. The molecule has 0 spiro atoms. The molecule has 0 saturated carbocycles. The summed E-state index contributed by atoms with van der Waals surface area (Å²) in [6, 6.07) is 1.33. The maximum Gasteiger partial charge on any atom is 0.257 e. The van der Waals surface area contributed by atoms with Gasteiger partial charge in [0.15, 0.2) is 5.03 Å². The fourth-order valence-corrected chi connectivity index (χ4v) is 2.14. The van der Waals surface area contributed by atoms with Crippen LogP contribution in [0.1, 0.15) is 20.8 Å². The fraction of sp³-hybridized carbons (Fsp3) is 0.625. The van der Waals surface area contributed by atoms with E-state index in [9.17, 15) is 8.42 Å². The zero-order valence-electron chi connectivity index (χ0n) is 8.48. The smallest absolute Gasteiger partial charge is 0.257 e. The first-order chi connectivity index (χ1) is 6.43. The van der Waals surface area contributed by atoms with E-state index >= 15 is 0 Å². The Morgan fingerprint density at radius 2 is 2.07 bits per heavy atom. The molecule has 0 aliphatic carbocycles. The van der Waals surface area contributed by atoms with Gasteiger partial charge in [-0.25, -0.2) is 13.1 Å². The number of nitrogens with zero attached hydrogens (tertiary/aromatic N) is 1. The molecule has 0 amide bonds. The molecule has 0 aliphatic heterocycles. The zero-order valence-corrected chi connectivity index (χ0v) is 9.30. The molecular formula is C8H15N3O2S. The topological polar surface area (TPSA) is 74.8 Å². The molecule has 0 radical (unpaired) electrons. The largest absolute Gasteiger partial charge is 0.266 e. The number of aromatic nitrogens is 2. The van der Waals surface area contributed by atoms with Crippen LogP contribution in [0.4, 0.5) is 0 Å². The maximum atomic E-state index is 11.6. The Kier molecular flexibility index (Phi) is 3.28. The first-order valence-corrected chi connectivity index (χ1v) is 5.93. The summed E-state index contributed by atoms with van der Waals surface area (Å²) < 4.78 is 25.8. The molecule has 1 atom stereocenters. The predicted octanol–water partition coefficient (Wildman–Crippen LogP) is 0.732. The molecule has 0 saturated heterocycles. The summed E-state index contributed by atoms with van der Waals surface area (Å²) in [6.07, 6.45) is 1.41. The molecule has 0 fully saturated rings. The van der Waals surface area contributed by atoms with Gasteiger partial charge >= 0.3 is 0 Å². The number of aromatic amines is 1. The number of H-pyrrole nitrogens is 1. The molecule has 80 valence electrons. The van der Waals surface area contributed by atoms with Crippen molar-refractivity contribution in [3.05, 3.63) is 12.3 Å². The third-order valence-corrected chi connectivity index (χ3v) is 3.59. The van der Waals surface area contributed by atoms with E-state index in [-0.39, 0.29) is 17.0 Å². The van der Waals surface area contributed by atoms with Crippen molar-refractivity contribution in [2.75, 3.05) is 0 Å². The summed E-state index contributed by atoms with van der Waals surface area (Å²) in [7, 11) is -3.43. The lowest BCUT2D eigenvalue weighted by molar-refractivity contribution is 0.475. The van der Waals surface area contributed by atoms with E-state index in [1.807, 2.05) is 20.8 Å². The van der Waals surface area contributed by atoms with Gasteiger partial charge in [-0.15, -0.1) is 0 Å². The van der Waals surface area contributed by atoms with E-state index in [1.54, 1.807) is 0 Å². The first kappa shape index (κ1) is 11.2. The molecule has 5 nitrogen and oxygen atoms in total. The van der Waals surface area contributed by atoms with Gasteiger partial charge in [0.2, 0.25) is 0 Å². The van der Waals surface area contributed by atoms with Crippen LogP contribution in [0.2, 0.25) is 0 Å². The van der Waals surface area contributed by atoms with Crippen molar-refractivity contribution in [3.8, 4) is 0 Å². The van der Waals surface area contributed by atoms with Crippen LogP contribution in [0.3, 0.4) is 0 Å². The zero-order chi connectivity index (χ0) is 10.8. The predicted molar refractivity (Wildman–Crippen MR) is 53.2 cm³/mol. The SMILES string of the molecule is CC(C)C(C)NS(=O)(=O)c1ccn[nH]1. The lowest BCUT2D eigenvalue weighted by Crippen LogP contribution is -2.36. The average Bonchev–Trinajstić information content (AvgIpc) is 2.54. The molecule has 0 aliphatic rings. The highest BCUT2D eigenvalue weighted by Gasteiger charge is 2.19. The van der Waals surface area contributed by atoms with Gasteiger partial charge in [-0.05, 0) is 18.9 Å². The molecule has 0 bridgehead atoms. The van der Waals surface area contributed by atoms with Gasteiger partial charge in [0.25, 0.3) is 10.0 Å². The number of nitrogens with one attached hydrogen (secondary N) is 2. The second-order valence-electron chi connectivity index (χ2n) is 3.57. The van der Waals surface area contributed by atoms with Gasteiger partial charge in [0.05, 0.1) is 6.20 Å². The number of hydrogen-bond donors (Lipinski definition) is 2. The third kappa shape index (κ3) is 2.55. The second-order valence-corrected chi connectivity index (χ2v) is 5.26. The quantitative estimate of drug-likeness (QED) is 0.780. The lowest BCUT2D eigenvalue weighted by Gasteiger charge is -2.16. The van der Waals surface area contributed by atoms with E-state index < -0.39 is 10.0 Å². The molecule has 1 aromatic rings. The minimum Gasteiger partial charge on any atom is -0.266 e. The van der Waals surface area contributed by atoms with Crippen molar-refractivity contribution < 1.29 is 8.42 Å². The molecule has 1 heterocycles. The Bertz CT molecular complexity index is 369. The Hall–Kier alpha value is -0.880. The van der Waals surface area contributed by atoms with Crippen LogP contribution in [-0.2, 0) is 10.0 Å². The van der Waals surface area contributed by atoms with Gasteiger partial charge in [0.1, 0.15) is 0 Å². The van der Waals surface area contributed by atoms with E-state index in [0.717, 1.165) is 0 Å². The van der Waals surface area contributed by atoms with Crippen LogP contribution in [0.25, 0.3) is 0 Å². The van der Waals surface area contributed by atoms with Crippen molar-refractivity contribution in [1.82, 2.24) is 14.9 Å². The third-order valence-electron chi connectivity index (χ3n) is 2.11. The van der Waals surface area contributed by atoms with Crippen molar-refractivity contribution in [2.24, 2.45) is 5.92 Å². The van der Waals surface area contributed by atoms with Crippen molar-refractivity contribution in [1.29, 1.82) is 0 Å². The standard InChI is InChI=1S/C8H15N3O2S/c1-6(2)7(3)11-14(12,13)8-4-5-9-10-8/h4-7,11H,1-3H3,(H,9,10). The van der Waals surface area contributed by atoms with E-state index in [1.165, 1.54) is 12.3 Å². The molecule has 14 heavy (non-hydrogen) atoms. The highest BCUT2D eigenvalue weighted by atomic mass is 32.2. The summed E-state index contributed by atoms with van der Waals surface area (Å²) in [5.41, 5.74) is 0. The Balaban J connectivity index is 2.79. The normalized spacial score (nSPS) is 14.6. The molecular weight excluding hydrogens is 202 g/mol. The van der Waals surface area contributed by atoms with Gasteiger partial charge in [-0.2, -0.15) is 5.10 Å². The van der Waals surface area contributed by atoms with Crippen LogP contribution >= 0.6 is 0 Å². The highest BCUT2D eigenvalue weighted by molar-refractivity contribution is 7.89. The average molecular weight is 217 g/mol. The molecule has 1 rings (SSSR count). The van der Waals surface area contributed by atoms with Crippen LogP contribution in [0.15, 0.2) is 17.3 Å². The van der Waals surface area contributed by atoms with Crippen LogP contribution in [0, 0.1) is 5.92 Å². The highest BCUT2D eigenvalue weighted by Crippen LogP contribution is 2.07. The lowest BCUT2D eigenvalue weighted by atomic mass is 10.1. The second kappa shape index (κ2) is 4.10. The summed E-state index contributed by atoms with van der Waals surface area (Å²) in [6.45, 7) is 5.75. The number of sulfonamides is 1. The minimum atomic E-state index is -3.43. The van der Waals surface area contributed by atoms with Crippen molar-refractivity contribution >= 4 is 10.0 Å². The maximum absolute atomic E-state index is 11.6. The van der Waals surface area contributed by atoms with E-state index in [0.29, 0.717) is 0 Å². The van der Waals surface area contributed by atoms with Gasteiger partial charge in [-0.3, -0.25) is 5.10 Å². The molecule has 1 unspecified atom stereocenters. The number of hydrogen-bond acceptors (Lipinski definition) is 3. The van der Waals surface area contributed by atoms with Gasteiger partial charge < -0.3 is 0 Å². The summed E-state index contributed by atoms with van der Waals surface area (Å²) in [4.78, 5) is 0.